The predicted octanol–water partition coefficient (Wildman–Crippen LogP) is 3.26. The standard InChI is InChI=1S/C23H31N5O/c1-18-22(19(2)28(26-18)15-5-12-24)10-11-23(29)25-16-20-6-8-21(9-7-20)17-27-13-3-4-14-27/h6-9H,3-5,10-11,13-17H2,1-2H3,(H,25,29). The number of carbonyl (C=O) groups excluding carboxylic acids is 1. The van der Waals surface area contributed by atoms with Crippen LogP contribution in [0.15, 0.2) is 24.3 Å². The van der Waals surface area contributed by atoms with Crippen molar-refractivity contribution in [1.29, 1.82) is 5.26 Å². The second-order valence-corrected chi connectivity index (χ2v) is 7.86. The third kappa shape index (κ3) is 5.91. The van der Waals surface area contributed by atoms with E-state index in [1.54, 1.807) is 0 Å². The van der Waals surface area contributed by atoms with Gasteiger partial charge in [0.1, 0.15) is 0 Å². The first-order valence-corrected chi connectivity index (χ1v) is 10.5. The minimum Gasteiger partial charge on any atom is -0.352 e. The number of rotatable bonds is 9. The molecule has 0 atom stereocenters. The van der Waals surface area contributed by atoms with Crippen LogP contribution in [0.5, 0.6) is 0 Å². The van der Waals surface area contributed by atoms with Crippen LogP contribution in [0.4, 0.5) is 0 Å². The van der Waals surface area contributed by atoms with Crippen molar-refractivity contribution in [3.63, 3.8) is 0 Å². The summed E-state index contributed by atoms with van der Waals surface area (Å²) in [6.45, 7) is 8.56. The van der Waals surface area contributed by atoms with E-state index in [2.05, 4.69) is 45.7 Å². The van der Waals surface area contributed by atoms with Gasteiger partial charge in [-0.25, -0.2) is 0 Å². The zero-order valence-corrected chi connectivity index (χ0v) is 17.6. The van der Waals surface area contributed by atoms with E-state index < -0.39 is 0 Å². The van der Waals surface area contributed by atoms with Crippen LogP contribution in [0, 0.1) is 25.2 Å². The van der Waals surface area contributed by atoms with Crippen LogP contribution in [0.2, 0.25) is 0 Å². The smallest absolute Gasteiger partial charge is 0.220 e. The first-order chi connectivity index (χ1) is 14.1. The molecule has 1 aliphatic rings. The van der Waals surface area contributed by atoms with Gasteiger partial charge >= 0.3 is 0 Å². The molecule has 6 heteroatoms. The number of hydrogen-bond donors (Lipinski definition) is 1. The minimum atomic E-state index is 0.0507. The molecule has 6 nitrogen and oxygen atoms in total. The number of nitriles is 1. The Morgan fingerprint density at radius 2 is 1.86 bits per heavy atom. The van der Waals surface area contributed by atoms with Gasteiger partial charge in [-0.1, -0.05) is 24.3 Å². The van der Waals surface area contributed by atoms with Crippen molar-refractivity contribution in [2.45, 2.75) is 65.6 Å². The molecular formula is C23H31N5O. The molecule has 2 aromatic rings. The second kappa shape index (κ2) is 10.2. The van der Waals surface area contributed by atoms with Gasteiger partial charge in [0, 0.05) is 25.2 Å². The lowest BCUT2D eigenvalue weighted by molar-refractivity contribution is -0.121. The van der Waals surface area contributed by atoms with E-state index in [1.807, 2.05) is 18.5 Å². The van der Waals surface area contributed by atoms with Crippen LogP contribution in [-0.2, 0) is 30.8 Å². The van der Waals surface area contributed by atoms with Gasteiger partial charge in [-0.2, -0.15) is 10.4 Å². The third-order valence-corrected chi connectivity index (χ3v) is 5.69. The van der Waals surface area contributed by atoms with Gasteiger partial charge in [-0.3, -0.25) is 14.4 Å². The minimum absolute atomic E-state index is 0.0507. The molecule has 1 saturated heterocycles. The molecule has 1 fully saturated rings. The highest BCUT2D eigenvalue weighted by molar-refractivity contribution is 5.76. The zero-order valence-electron chi connectivity index (χ0n) is 17.6. The molecule has 0 unspecified atom stereocenters. The number of likely N-dealkylation sites (tertiary alicyclic amines) is 1. The Bertz CT molecular complexity index is 857. The van der Waals surface area contributed by atoms with Crippen LogP contribution >= 0.6 is 0 Å². The lowest BCUT2D eigenvalue weighted by Gasteiger charge is -2.14. The summed E-state index contributed by atoms with van der Waals surface area (Å²) in [5.41, 5.74) is 5.58. The molecule has 2 heterocycles. The number of amides is 1. The maximum atomic E-state index is 12.3. The Kier molecular flexibility index (Phi) is 7.42. The Labute approximate surface area is 173 Å². The molecule has 3 rings (SSSR count). The number of aromatic nitrogens is 2. The Morgan fingerprint density at radius 3 is 2.55 bits per heavy atom. The van der Waals surface area contributed by atoms with E-state index in [-0.39, 0.29) is 5.91 Å². The Morgan fingerprint density at radius 1 is 1.17 bits per heavy atom. The fraction of sp³-hybridized carbons (Fsp3) is 0.522. The van der Waals surface area contributed by atoms with Crippen LogP contribution in [0.1, 0.15) is 53.8 Å². The molecule has 1 amide bonds. The van der Waals surface area contributed by atoms with Gasteiger partial charge in [-0.05, 0) is 62.9 Å². The van der Waals surface area contributed by atoms with Gasteiger partial charge < -0.3 is 5.32 Å². The largest absolute Gasteiger partial charge is 0.352 e. The molecule has 154 valence electrons. The summed E-state index contributed by atoms with van der Waals surface area (Å²) < 4.78 is 1.87. The first-order valence-electron chi connectivity index (χ1n) is 10.5. The van der Waals surface area contributed by atoms with E-state index in [4.69, 9.17) is 5.26 Å². The van der Waals surface area contributed by atoms with Gasteiger partial charge in [0.15, 0.2) is 0 Å². The summed E-state index contributed by atoms with van der Waals surface area (Å²) in [5.74, 6) is 0.0507. The highest BCUT2D eigenvalue weighted by atomic mass is 16.1. The number of hydrogen-bond acceptors (Lipinski definition) is 4. The van der Waals surface area contributed by atoms with Crippen LogP contribution < -0.4 is 5.32 Å². The SMILES string of the molecule is Cc1nn(CCC#N)c(C)c1CCC(=O)NCc1ccc(CN2CCCC2)cc1. The van der Waals surface area contributed by atoms with Gasteiger partial charge in [0.25, 0.3) is 0 Å². The summed E-state index contributed by atoms with van der Waals surface area (Å²) >= 11 is 0. The summed E-state index contributed by atoms with van der Waals surface area (Å²) in [6, 6.07) is 10.7. The van der Waals surface area contributed by atoms with Crippen LogP contribution in [0.25, 0.3) is 0 Å². The number of nitrogens with one attached hydrogen (secondary N) is 1. The van der Waals surface area contributed by atoms with E-state index >= 15 is 0 Å². The third-order valence-electron chi connectivity index (χ3n) is 5.69. The zero-order chi connectivity index (χ0) is 20.6. The van der Waals surface area contributed by atoms with Gasteiger partial charge in [0.05, 0.1) is 24.7 Å². The Balaban J connectivity index is 1.44. The average molecular weight is 394 g/mol. The normalized spacial score (nSPS) is 14.1. The summed E-state index contributed by atoms with van der Waals surface area (Å²) in [6.07, 6.45) is 4.18. The summed E-state index contributed by atoms with van der Waals surface area (Å²) in [7, 11) is 0. The predicted molar refractivity (Wildman–Crippen MR) is 113 cm³/mol. The molecule has 1 aliphatic heterocycles. The first kappa shape index (κ1) is 21.1. The molecule has 0 bridgehead atoms. The quantitative estimate of drug-likeness (QED) is 0.710. The topological polar surface area (TPSA) is 73.9 Å². The number of aryl methyl sites for hydroxylation is 2. The van der Waals surface area contributed by atoms with E-state index in [0.29, 0.717) is 32.4 Å². The fourth-order valence-corrected chi connectivity index (χ4v) is 3.96. The molecule has 0 spiro atoms. The average Bonchev–Trinajstić information content (AvgIpc) is 3.32. The summed E-state index contributed by atoms with van der Waals surface area (Å²) in [5, 5.41) is 16.3. The molecule has 0 aliphatic carbocycles. The molecule has 1 N–H and O–H groups in total. The molecule has 1 aromatic carbocycles. The molecular weight excluding hydrogens is 362 g/mol. The monoisotopic (exact) mass is 393 g/mol. The van der Waals surface area contributed by atoms with Crippen molar-refractivity contribution in [3.05, 3.63) is 52.3 Å². The van der Waals surface area contributed by atoms with Gasteiger partial charge in [-0.15, -0.1) is 0 Å². The highest BCUT2D eigenvalue weighted by Crippen LogP contribution is 2.16. The van der Waals surface area contributed by atoms with Crippen molar-refractivity contribution in [2.24, 2.45) is 0 Å². The lowest BCUT2D eigenvalue weighted by atomic mass is 10.1. The van der Waals surface area contributed by atoms with Crippen LogP contribution in [0.3, 0.4) is 0 Å². The molecule has 0 radical (unpaired) electrons. The molecule has 0 saturated carbocycles. The van der Waals surface area contributed by atoms with Crippen molar-refractivity contribution in [2.75, 3.05) is 13.1 Å². The van der Waals surface area contributed by atoms with Crippen molar-refractivity contribution in [1.82, 2.24) is 20.0 Å². The highest BCUT2D eigenvalue weighted by Gasteiger charge is 2.13. The number of benzene rings is 1. The maximum Gasteiger partial charge on any atom is 0.220 e. The lowest BCUT2D eigenvalue weighted by Crippen LogP contribution is -2.23. The number of carbonyl (C=O) groups is 1. The summed E-state index contributed by atoms with van der Waals surface area (Å²) in [4.78, 5) is 14.8. The van der Waals surface area contributed by atoms with E-state index in [9.17, 15) is 4.79 Å². The van der Waals surface area contributed by atoms with Gasteiger partial charge in [0.2, 0.25) is 5.91 Å². The van der Waals surface area contributed by atoms with Crippen molar-refractivity contribution in [3.8, 4) is 6.07 Å². The van der Waals surface area contributed by atoms with E-state index in [1.165, 1.54) is 31.5 Å². The Hall–Kier alpha value is -2.65. The second-order valence-electron chi connectivity index (χ2n) is 7.86. The van der Waals surface area contributed by atoms with Crippen molar-refractivity contribution >= 4 is 5.91 Å². The fourth-order valence-electron chi connectivity index (χ4n) is 3.96. The maximum absolute atomic E-state index is 12.3. The number of nitrogens with zero attached hydrogens (tertiary/aromatic N) is 4. The van der Waals surface area contributed by atoms with Crippen molar-refractivity contribution < 1.29 is 4.79 Å². The van der Waals surface area contributed by atoms with E-state index in [0.717, 1.165) is 29.1 Å². The molecule has 29 heavy (non-hydrogen) atoms. The molecule has 1 aromatic heterocycles. The van der Waals surface area contributed by atoms with Crippen LogP contribution in [-0.4, -0.2) is 33.7 Å².